The number of benzene rings is 1. The number of carbonyl (C=O) groups is 2. The highest BCUT2D eigenvalue weighted by atomic mass is 32.2. The monoisotopic (exact) mass is 327 g/mol. The van der Waals surface area contributed by atoms with Gasteiger partial charge in [0.2, 0.25) is 11.8 Å². The van der Waals surface area contributed by atoms with E-state index in [2.05, 4.69) is 5.32 Å². The summed E-state index contributed by atoms with van der Waals surface area (Å²) >= 11 is 1.25. The molecule has 0 bridgehead atoms. The van der Waals surface area contributed by atoms with Gasteiger partial charge in [0.05, 0.1) is 11.0 Å². The van der Waals surface area contributed by atoms with Crippen LogP contribution in [0.3, 0.4) is 0 Å². The van der Waals surface area contributed by atoms with Crippen LogP contribution in [-0.2, 0) is 9.59 Å². The second-order valence-corrected chi connectivity index (χ2v) is 6.37. The molecule has 0 aliphatic heterocycles. The van der Waals surface area contributed by atoms with Gasteiger partial charge < -0.3 is 16.0 Å². The molecule has 0 aliphatic carbocycles. The molecule has 0 heterocycles. The number of nitrogens with two attached hydrogens (primary N) is 1. The molecule has 2 atom stereocenters. The van der Waals surface area contributed by atoms with Crippen LogP contribution in [0.2, 0.25) is 0 Å². The first-order valence-electron chi connectivity index (χ1n) is 6.99. The first kappa shape index (κ1) is 18.4. The van der Waals surface area contributed by atoms with E-state index in [1.165, 1.54) is 36.0 Å². The van der Waals surface area contributed by atoms with Gasteiger partial charge in [0, 0.05) is 25.3 Å². The van der Waals surface area contributed by atoms with Gasteiger partial charge >= 0.3 is 0 Å². The summed E-state index contributed by atoms with van der Waals surface area (Å²) < 4.78 is 12.8. The zero-order chi connectivity index (χ0) is 16.7. The Morgan fingerprint density at radius 1 is 1.32 bits per heavy atom. The van der Waals surface area contributed by atoms with Crippen molar-refractivity contribution in [3.8, 4) is 0 Å². The second-order valence-electron chi connectivity index (χ2n) is 5.04. The average molecular weight is 327 g/mol. The molecule has 1 rings (SSSR count). The number of anilines is 1. The van der Waals surface area contributed by atoms with Crippen LogP contribution in [0.1, 0.15) is 13.8 Å². The Morgan fingerprint density at radius 2 is 1.91 bits per heavy atom. The molecule has 22 heavy (non-hydrogen) atoms. The maximum atomic E-state index is 12.8. The smallest absolute Gasteiger partial charge is 0.235 e. The maximum Gasteiger partial charge on any atom is 0.235 e. The molecule has 0 radical (unpaired) electrons. The van der Waals surface area contributed by atoms with Gasteiger partial charge in [-0.3, -0.25) is 9.59 Å². The van der Waals surface area contributed by atoms with Crippen molar-refractivity contribution in [2.45, 2.75) is 25.1 Å². The number of carbonyl (C=O) groups excluding carboxylic acids is 2. The normalized spacial score (nSPS) is 13.3. The molecule has 3 N–H and O–H groups in total. The number of rotatable bonds is 7. The van der Waals surface area contributed by atoms with Crippen LogP contribution in [0.15, 0.2) is 24.3 Å². The van der Waals surface area contributed by atoms with E-state index in [4.69, 9.17) is 5.73 Å². The van der Waals surface area contributed by atoms with Gasteiger partial charge in [-0.25, -0.2) is 4.39 Å². The summed E-state index contributed by atoms with van der Waals surface area (Å²) in [5.74, 6) is -0.498. The Kier molecular flexibility index (Phi) is 7.34. The Balaban J connectivity index is 2.43. The van der Waals surface area contributed by atoms with Gasteiger partial charge in [-0.15, -0.1) is 11.8 Å². The number of amides is 2. The summed E-state index contributed by atoms with van der Waals surface area (Å²) in [6.07, 6.45) is 0. The molecule has 2 unspecified atom stereocenters. The zero-order valence-corrected chi connectivity index (χ0v) is 13.8. The van der Waals surface area contributed by atoms with Gasteiger partial charge in [-0.2, -0.15) is 0 Å². The molecular formula is C15H22FN3O2S. The molecule has 0 fully saturated rings. The third-order valence-corrected chi connectivity index (χ3v) is 4.42. The summed E-state index contributed by atoms with van der Waals surface area (Å²) in [6, 6.07) is 5.49. The summed E-state index contributed by atoms with van der Waals surface area (Å²) in [4.78, 5) is 25.5. The predicted octanol–water partition coefficient (Wildman–Crippen LogP) is 1.69. The lowest BCUT2D eigenvalue weighted by Gasteiger charge is -2.26. The lowest BCUT2D eigenvalue weighted by molar-refractivity contribution is -0.130. The van der Waals surface area contributed by atoms with Gasteiger partial charge in [-0.05, 0) is 38.1 Å². The Bertz CT molecular complexity index is 510. The number of thioether (sulfide) groups is 1. The molecular weight excluding hydrogens is 305 g/mol. The minimum Gasteiger partial charge on any atom is -0.341 e. The van der Waals surface area contributed by atoms with E-state index >= 15 is 0 Å². The Hall–Kier alpha value is -1.60. The highest BCUT2D eigenvalue weighted by Crippen LogP contribution is 2.15. The van der Waals surface area contributed by atoms with Gasteiger partial charge in [0.15, 0.2) is 0 Å². The molecule has 5 nitrogen and oxygen atoms in total. The van der Waals surface area contributed by atoms with E-state index in [-0.39, 0.29) is 34.7 Å². The molecule has 0 saturated heterocycles. The van der Waals surface area contributed by atoms with E-state index < -0.39 is 0 Å². The quantitative estimate of drug-likeness (QED) is 0.799. The third kappa shape index (κ3) is 5.65. The molecule has 122 valence electrons. The van der Waals surface area contributed by atoms with Crippen molar-refractivity contribution >= 4 is 29.3 Å². The van der Waals surface area contributed by atoms with E-state index in [1.807, 2.05) is 6.92 Å². The fraction of sp³-hybridized carbons (Fsp3) is 0.467. The predicted molar refractivity (Wildman–Crippen MR) is 88.2 cm³/mol. The van der Waals surface area contributed by atoms with Crippen molar-refractivity contribution in [1.82, 2.24) is 4.90 Å². The Morgan fingerprint density at radius 3 is 2.45 bits per heavy atom. The van der Waals surface area contributed by atoms with Gasteiger partial charge in [-0.1, -0.05) is 0 Å². The lowest BCUT2D eigenvalue weighted by atomic mass is 10.3. The number of nitrogens with one attached hydrogen (secondary N) is 1. The first-order chi connectivity index (χ1) is 10.3. The number of likely N-dealkylation sites (N-methyl/N-ethyl adjacent to an activating group) is 1. The van der Waals surface area contributed by atoms with Crippen LogP contribution in [0.5, 0.6) is 0 Å². The van der Waals surface area contributed by atoms with Crippen molar-refractivity contribution in [2.75, 3.05) is 24.7 Å². The fourth-order valence-corrected chi connectivity index (χ4v) is 2.45. The lowest BCUT2D eigenvalue weighted by Crippen LogP contribution is -2.43. The SMILES string of the molecule is CC(SCC(=O)Nc1ccc(F)cc1)C(=O)N(C)C(C)CN. The van der Waals surface area contributed by atoms with E-state index in [0.717, 1.165) is 0 Å². The van der Waals surface area contributed by atoms with Crippen LogP contribution >= 0.6 is 11.8 Å². The second kappa shape index (κ2) is 8.75. The number of halogens is 1. The van der Waals surface area contributed by atoms with Crippen LogP contribution in [-0.4, -0.2) is 47.4 Å². The fourth-order valence-electron chi connectivity index (χ4n) is 1.66. The van der Waals surface area contributed by atoms with Crippen LogP contribution < -0.4 is 11.1 Å². The third-order valence-electron chi connectivity index (χ3n) is 3.29. The van der Waals surface area contributed by atoms with Crippen molar-refractivity contribution in [3.05, 3.63) is 30.1 Å². The first-order valence-corrected chi connectivity index (χ1v) is 8.03. The minimum atomic E-state index is -0.358. The average Bonchev–Trinajstić information content (AvgIpc) is 2.52. The summed E-state index contributed by atoms with van der Waals surface area (Å²) in [6.45, 7) is 4.03. The summed E-state index contributed by atoms with van der Waals surface area (Å²) in [5.41, 5.74) is 6.07. The van der Waals surface area contributed by atoms with Crippen molar-refractivity contribution in [3.63, 3.8) is 0 Å². The van der Waals surface area contributed by atoms with Gasteiger partial charge in [0.25, 0.3) is 0 Å². The molecule has 0 spiro atoms. The van der Waals surface area contributed by atoms with Crippen LogP contribution in [0.25, 0.3) is 0 Å². The molecule has 0 aliphatic rings. The number of hydrogen-bond donors (Lipinski definition) is 2. The standard InChI is InChI=1S/C15H22FN3O2S/c1-10(8-17)19(3)15(21)11(2)22-9-14(20)18-13-6-4-12(16)5-7-13/h4-7,10-11H,8-9,17H2,1-3H3,(H,18,20). The van der Waals surface area contributed by atoms with Crippen LogP contribution in [0, 0.1) is 5.82 Å². The minimum absolute atomic E-state index is 0.0383. The zero-order valence-electron chi connectivity index (χ0n) is 13.0. The Labute approximate surface area is 134 Å². The highest BCUT2D eigenvalue weighted by molar-refractivity contribution is 8.01. The maximum absolute atomic E-state index is 12.8. The number of hydrogen-bond acceptors (Lipinski definition) is 4. The summed E-state index contributed by atoms with van der Waals surface area (Å²) in [7, 11) is 1.70. The van der Waals surface area contributed by atoms with Crippen LogP contribution in [0.4, 0.5) is 10.1 Å². The van der Waals surface area contributed by atoms with Crippen molar-refractivity contribution < 1.29 is 14.0 Å². The van der Waals surface area contributed by atoms with E-state index in [9.17, 15) is 14.0 Å². The van der Waals surface area contributed by atoms with E-state index in [0.29, 0.717) is 12.2 Å². The largest absolute Gasteiger partial charge is 0.341 e. The molecule has 2 amide bonds. The van der Waals surface area contributed by atoms with Crippen molar-refractivity contribution in [2.24, 2.45) is 5.73 Å². The van der Waals surface area contributed by atoms with Gasteiger partial charge in [0.1, 0.15) is 5.82 Å². The molecule has 1 aromatic rings. The molecule has 7 heteroatoms. The summed E-state index contributed by atoms with van der Waals surface area (Å²) in [5, 5.41) is 2.32. The highest BCUT2D eigenvalue weighted by Gasteiger charge is 2.21. The van der Waals surface area contributed by atoms with E-state index in [1.54, 1.807) is 18.9 Å². The molecule has 1 aromatic carbocycles. The number of nitrogens with zero attached hydrogens (tertiary/aromatic N) is 1. The molecule has 0 saturated carbocycles. The topological polar surface area (TPSA) is 75.4 Å². The molecule has 0 aromatic heterocycles. The van der Waals surface area contributed by atoms with Crippen molar-refractivity contribution in [1.29, 1.82) is 0 Å².